The molecular weight excluding hydrogens is 306 g/mol. The number of halogens is 1. The Morgan fingerprint density at radius 3 is 2.68 bits per heavy atom. The van der Waals surface area contributed by atoms with E-state index in [0.29, 0.717) is 10.7 Å². The zero-order valence-corrected chi connectivity index (χ0v) is 12.4. The summed E-state index contributed by atoms with van der Waals surface area (Å²) in [6.07, 6.45) is 0. The second kappa shape index (κ2) is 6.78. The number of nitrogens with zero attached hydrogens (tertiary/aromatic N) is 1. The van der Waals surface area contributed by atoms with Crippen molar-refractivity contribution in [2.45, 2.75) is 6.92 Å². The molecule has 1 aromatic heterocycles. The maximum absolute atomic E-state index is 11.9. The van der Waals surface area contributed by atoms with Crippen LogP contribution < -0.4 is 10.9 Å². The summed E-state index contributed by atoms with van der Waals surface area (Å²) in [6.45, 7) is 1.78. The van der Waals surface area contributed by atoms with E-state index < -0.39 is 11.5 Å². The fraction of sp³-hybridized carbons (Fsp3) is 0.133. The van der Waals surface area contributed by atoms with E-state index in [1.165, 1.54) is 6.07 Å². The average molecular weight is 318 g/mol. The fourth-order valence-electron chi connectivity index (χ4n) is 1.76. The van der Waals surface area contributed by atoms with Gasteiger partial charge >= 0.3 is 5.97 Å². The molecule has 0 aliphatic rings. The van der Waals surface area contributed by atoms with Crippen molar-refractivity contribution in [2.75, 3.05) is 11.9 Å². The van der Waals surface area contributed by atoms with Gasteiger partial charge in [0.15, 0.2) is 0 Å². The van der Waals surface area contributed by atoms with E-state index in [-0.39, 0.29) is 23.6 Å². The van der Waals surface area contributed by atoms with Crippen molar-refractivity contribution in [3.63, 3.8) is 0 Å². The smallest absolute Gasteiger partial charge is 0.343 e. The summed E-state index contributed by atoms with van der Waals surface area (Å²) in [5.41, 5.74) is -0.0768. The average Bonchev–Trinajstić information content (AvgIpc) is 2.50. The summed E-state index contributed by atoms with van der Waals surface area (Å²) < 4.78 is 4.78. The summed E-state index contributed by atoms with van der Waals surface area (Å²) >= 11 is 5.79. The lowest BCUT2D eigenvalue weighted by Crippen LogP contribution is -2.21. The Hall–Kier alpha value is -2.78. The number of aromatic amines is 1. The maximum Gasteiger partial charge on any atom is 0.343 e. The van der Waals surface area contributed by atoms with Crippen LogP contribution in [0.1, 0.15) is 22.8 Å². The van der Waals surface area contributed by atoms with E-state index in [0.717, 1.165) is 0 Å². The molecule has 0 spiro atoms. The van der Waals surface area contributed by atoms with Crippen molar-refractivity contribution in [1.29, 1.82) is 5.26 Å². The molecule has 0 saturated heterocycles. The summed E-state index contributed by atoms with van der Waals surface area (Å²) in [4.78, 5) is 26.1. The number of carbonyl (C=O) groups is 1. The van der Waals surface area contributed by atoms with Gasteiger partial charge in [-0.1, -0.05) is 11.6 Å². The van der Waals surface area contributed by atoms with Gasteiger partial charge in [0.2, 0.25) is 0 Å². The molecule has 0 bridgehead atoms. The monoisotopic (exact) mass is 317 g/mol. The van der Waals surface area contributed by atoms with Gasteiger partial charge in [-0.15, -0.1) is 0 Å². The Labute approximate surface area is 131 Å². The van der Waals surface area contributed by atoms with Crippen LogP contribution in [-0.2, 0) is 4.74 Å². The van der Waals surface area contributed by atoms with Gasteiger partial charge in [0.25, 0.3) is 5.56 Å². The van der Waals surface area contributed by atoms with E-state index in [4.69, 9.17) is 16.3 Å². The van der Waals surface area contributed by atoms with Crippen LogP contribution in [0.3, 0.4) is 0 Å². The first-order valence-electron chi connectivity index (χ1n) is 6.42. The first-order chi connectivity index (χ1) is 10.5. The lowest BCUT2D eigenvalue weighted by molar-refractivity contribution is 0.0524. The van der Waals surface area contributed by atoms with Crippen LogP contribution in [-0.4, -0.2) is 17.6 Å². The fourth-order valence-corrected chi connectivity index (χ4v) is 1.88. The zero-order chi connectivity index (χ0) is 16.1. The number of nitriles is 1. The van der Waals surface area contributed by atoms with Gasteiger partial charge in [-0.3, -0.25) is 4.79 Å². The molecule has 2 N–H and O–H groups in total. The van der Waals surface area contributed by atoms with Crippen molar-refractivity contribution < 1.29 is 9.53 Å². The van der Waals surface area contributed by atoms with E-state index in [9.17, 15) is 14.9 Å². The van der Waals surface area contributed by atoms with Crippen LogP contribution >= 0.6 is 11.6 Å². The molecule has 0 unspecified atom stereocenters. The number of hydrogen-bond donors (Lipinski definition) is 2. The van der Waals surface area contributed by atoms with Crippen LogP contribution in [0, 0.1) is 11.3 Å². The quantitative estimate of drug-likeness (QED) is 0.845. The number of nitrogens with one attached hydrogen (secondary N) is 2. The van der Waals surface area contributed by atoms with Crippen LogP contribution in [0.5, 0.6) is 0 Å². The van der Waals surface area contributed by atoms with E-state index in [1.54, 1.807) is 31.2 Å². The number of esters is 1. The molecule has 0 aliphatic carbocycles. The topological polar surface area (TPSA) is 95.0 Å². The summed E-state index contributed by atoms with van der Waals surface area (Å²) in [5, 5.41) is 12.6. The third-order valence-corrected chi connectivity index (χ3v) is 3.02. The van der Waals surface area contributed by atoms with Crippen LogP contribution in [0.2, 0.25) is 5.02 Å². The standard InChI is InChI=1S/C15H12ClN3O3/c1-2-22-15(21)12-7-9(8-17)13(19-14(12)20)18-11-5-3-10(16)4-6-11/h3-7H,2H2,1H3,(H2,18,19,20). The van der Waals surface area contributed by atoms with Crippen molar-refractivity contribution in [2.24, 2.45) is 0 Å². The Morgan fingerprint density at radius 1 is 1.41 bits per heavy atom. The number of pyridine rings is 1. The van der Waals surface area contributed by atoms with Crippen LogP contribution in [0.4, 0.5) is 11.5 Å². The van der Waals surface area contributed by atoms with E-state index in [1.807, 2.05) is 6.07 Å². The highest BCUT2D eigenvalue weighted by Crippen LogP contribution is 2.19. The third kappa shape index (κ3) is 3.45. The second-order valence-electron chi connectivity index (χ2n) is 4.26. The molecule has 0 aliphatic heterocycles. The summed E-state index contributed by atoms with van der Waals surface area (Å²) in [5.74, 6) is -0.568. The predicted octanol–water partition coefficient (Wildman–Crippen LogP) is 2.82. The predicted molar refractivity (Wildman–Crippen MR) is 82.5 cm³/mol. The number of H-pyrrole nitrogens is 1. The zero-order valence-electron chi connectivity index (χ0n) is 11.6. The molecule has 7 heteroatoms. The van der Waals surface area contributed by atoms with E-state index in [2.05, 4.69) is 10.3 Å². The largest absolute Gasteiger partial charge is 0.462 e. The van der Waals surface area contributed by atoms with Gasteiger partial charge in [-0.05, 0) is 37.3 Å². The minimum Gasteiger partial charge on any atom is -0.462 e. The third-order valence-electron chi connectivity index (χ3n) is 2.77. The number of ether oxygens (including phenoxy) is 1. The number of rotatable bonds is 4. The first-order valence-corrected chi connectivity index (χ1v) is 6.80. The Balaban J connectivity index is 2.39. The molecule has 112 valence electrons. The molecule has 1 aromatic carbocycles. The summed E-state index contributed by atoms with van der Waals surface area (Å²) in [6, 6.07) is 9.86. The van der Waals surface area contributed by atoms with Crippen molar-refractivity contribution in [1.82, 2.24) is 4.98 Å². The molecule has 0 radical (unpaired) electrons. The number of aromatic nitrogens is 1. The number of anilines is 2. The van der Waals surface area contributed by atoms with Crippen molar-refractivity contribution >= 4 is 29.1 Å². The van der Waals surface area contributed by atoms with Gasteiger partial charge in [0.1, 0.15) is 17.5 Å². The van der Waals surface area contributed by atoms with Gasteiger partial charge in [-0.25, -0.2) is 4.79 Å². The molecule has 2 aromatic rings. The van der Waals surface area contributed by atoms with Crippen LogP contribution in [0.15, 0.2) is 35.1 Å². The Morgan fingerprint density at radius 2 is 2.09 bits per heavy atom. The highest BCUT2D eigenvalue weighted by Gasteiger charge is 2.16. The molecule has 1 heterocycles. The molecule has 0 saturated carbocycles. The second-order valence-corrected chi connectivity index (χ2v) is 4.70. The van der Waals surface area contributed by atoms with E-state index >= 15 is 0 Å². The lowest BCUT2D eigenvalue weighted by atomic mass is 10.2. The highest BCUT2D eigenvalue weighted by atomic mass is 35.5. The summed E-state index contributed by atoms with van der Waals surface area (Å²) in [7, 11) is 0. The number of carbonyl (C=O) groups excluding carboxylic acids is 1. The normalized spacial score (nSPS) is 9.86. The van der Waals surface area contributed by atoms with Gasteiger partial charge < -0.3 is 15.0 Å². The van der Waals surface area contributed by atoms with Crippen LogP contribution in [0.25, 0.3) is 0 Å². The van der Waals surface area contributed by atoms with Gasteiger partial charge in [0.05, 0.1) is 12.2 Å². The van der Waals surface area contributed by atoms with Crippen molar-refractivity contribution in [3.8, 4) is 6.07 Å². The van der Waals surface area contributed by atoms with Gasteiger partial charge in [-0.2, -0.15) is 5.26 Å². The first kappa shape index (κ1) is 15.6. The molecule has 0 fully saturated rings. The Kier molecular flexibility index (Phi) is 4.81. The SMILES string of the molecule is CCOC(=O)c1cc(C#N)c(Nc2ccc(Cl)cc2)[nH]c1=O. The maximum atomic E-state index is 11.9. The molecule has 0 atom stereocenters. The minimum absolute atomic E-state index is 0.123. The minimum atomic E-state index is -0.765. The molecule has 2 rings (SSSR count). The number of benzene rings is 1. The molecular formula is C15H12ClN3O3. The molecule has 6 nitrogen and oxygen atoms in total. The Bertz CT molecular complexity index is 791. The highest BCUT2D eigenvalue weighted by molar-refractivity contribution is 6.30. The molecule has 0 amide bonds. The lowest BCUT2D eigenvalue weighted by Gasteiger charge is -2.09. The number of hydrogen-bond acceptors (Lipinski definition) is 5. The molecule has 22 heavy (non-hydrogen) atoms. The van der Waals surface area contributed by atoms with Crippen molar-refractivity contribution in [3.05, 3.63) is 56.8 Å². The van der Waals surface area contributed by atoms with Gasteiger partial charge in [0, 0.05) is 10.7 Å².